The van der Waals surface area contributed by atoms with Crippen molar-refractivity contribution >= 4 is 46.6 Å². The molecule has 0 saturated carbocycles. The summed E-state index contributed by atoms with van der Waals surface area (Å²) in [5.74, 6) is -1.64. The number of amides is 2. The molecule has 1 aromatic carbocycles. The highest BCUT2D eigenvalue weighted by Crippen LogP contribution is 2.54. The summed E-state index contributed by atoms with van der Waals surface area (Å²) in [5.41, 5.74) is 0.866. The predicted octanol–water partition coefficient (Wildman–Crippen LogP) is 2.72. The van der Waals surface area contributed by atoms with Gasteiger partial charge in [0.2, 0.25) is 11.8 Å². The Morgan fingerprint density at radius 1 is 1.13 bits per heavy atom. The lowest BCUT2D eigenvalue weighted by Gasteiger charge is -2.36. The molecule has 1 aromatic heterocycles. The minimum absolute atomic E-state index is 0.206. The van der Waals surface area contributed by atoms with Crippen LogP contribution >= 0.6 is 23.1 Å². The van der Waals surface area contributed by atoms with Gasteiger partial charge in [-0.3, -0.25) is 23.7 Å². The lowest BCUT2D eigenvalue weighted by molar-refractivity contribution is -0.144. The summed E-state index contributed by atoms with van der Waals surface area (Å²) in [6, 6.07) is 7.27. The zero-order valence-electron chi connectivity index (χ0n) is 17.1. The van der Waals surface area contributed by atoms with E-state index in [0.717, 1.165) is 21.8 Å². The molecule has 30 heavy (non-hydrogen) atoms. The topological polar surface area (TPSA) is 85.7 Å². The SMILES string of the molecule is CCOC(=O)Cn1c2c(sc1=O)C(C)(C)[C@H]1C(=O)N(c3ccc(C)cc3)C(=O)[C@H]1S2. The van der Waals surface area contributed by atoms with Gasteiger partial charge in [0.25, 0.3) is 0 Å². The zero-order chi connectivity index (χ0) is 21.8. The number of ether oxygens (including phenoxy) is 1. The van der Waals surface area contributed by atoms with Crippen LogP contribution in [0.3, 0.4) is 0 Å². The van der Waals surface area contributed by atoms with E-state index in [1.807, 2.05) is 32.9 Å². The highest BCUT2D eigenvalue weighted by Gasteiger charge is 2.59. The van der Waals surface area contributed by atoms with Gasteiger partial charge in [0, 0.05) is 10.3 Å². The number of hydrogen-bond donors (Lipinski definition) is 0. The number of thioether (sulfide) groups is 1. The number of thiazole rings is 1. The lowest BCUT2D eigenvalue weighted by atomic mass is 9.76. The van der Waals surface area contributed by atoms with Crippen LogP contribution < -0.4 is 9.77 Å². The molecule has 0 radical (unpaired) electrons. The van der Waals surface area contributed by atoms with Crippen molar-refractivity contribution in [2.24, 2.45) is 5.92 Å². The van der Waals surface area contributed by atoms with Crippen LogP contribution in [0.1, 0.15) is 31.2 Å². The second-order valence-corrected chi connectivity index (χ2v) is 10.1. The maximum atomic E-state index is 13.4. The summed E-state index contributed by atoms with van der Waals surface area (Å²) in [4.78, 5) is 53.0. The van der Waals surface area contributed by atoms with Gasteiger partial charge in [-0.2, -0.15) is 0 Å². The third-order valence-electron chi connectivity index (χ3n) is 5.59. The van der Waals surface area contributed by atoms with Gasteiger partial charge >= 0.3 is 10.8 Å². The molecule has 0 spiro atoms. The molecule has 0 bridgehead atoms. The molecule has 2 aliphatic heterocycles. The summed E-state index contributed by atoms with van der Waals surface area (Å²) >= 11 is 2.24. The van der Waals surface area contributed by atoms with Gasteiger partial charge in [0.05, 0.1) is 23.2 Å². The quantitative estimate of drug-likeness (QED) is 0.530. The first kappa shape index (κ1) is 20.9. The smallest absolute Gasteiger partial charge is 0.326 e. The Labute approximate surface area is 182 Å². The Morgan fingerprint density at radius 2 is 1.80 bits per heavy atom. The number of rotatable bonds is 4. The highest BCUT2D eigenvalue weighted by atomic mass is 32.2. The molecule has 0 aliphatic carbocycles. The first-order chi connectivity index (χ1) is 14.2. The number of aryl methyl sites for hydroxylation is 1. The standard InChI is InChI=1S/C21H22N2O5S2/c1-5-28-13(24)10-22-19-16(30-20(22)27)21(3,4)14-15(29-19)18(26)23(17(14)25)12-8-6-11(2)7-9-12/h6-9,14-15H,5,10H2,1-4H3/t14-,15+/m1/s1. The summed E-state index contributed by atoms with van der Waals surface area (Å²) in [6.45, 7) is 7.44. The van der Waals surface area contributed by atoms with E-state index in [-0.39, 0.29) is 29.8 Å². The van der Waals surface area contributed by atoms with Gasteiger partial charge in [-0.25, -0.2) is 4.90 Å². The number of esters is 1. The normalized spacial score (nSPS) is 22.1. The zero-order valence-corrected chi connectivity index (χ0v) is 18.8. The van der Waals surface area contributed by atoms with Crippen LogP contribution in [-0.2, 0) is 31.1 Å². The fraction of sp³-hybridized carbons (Fsp3) is 0.429. The van der Waals surface area contributed by atoms with E-state index in [0.29, 0.717) is 10.7 Å². The number of fused-ring (bicyclic) bond motifs is 2. The Bertz CT molecular complexity index is 1100. The van der Waals surface area contributed by atoms with Crippen LogP contribution in [0.2, 0.25) is 0 Å². The summed E-state index contributed by atoms with van der Waals surface area (Å²) in [5, 5.41) is -0.0695. The third kappa shape index (κ3) is 3.11. The monoisotopic (exact) mass is 446 g/mol. The van der Waals surface area contributed by atoms with E-state index < -0.39 is 22.6 Å². The molecular formula is C21H22N2O5S2. The van der Waals surface area contributed by atoms with E-state index in [4.69, 9.17) is 4.74 Å². The van der Waals surface area contributed by atoms with E-state index in [2.05, 4.69) is 0 Å². The number of anilines is 1. The van der Waals surface area contributed by atoms with Gasteiger partial charge in [-0.05, 0) is 26.0 Å². The summed E-state index contributed by atoms with van der Waals surface area (Å²) < 4.78 is 6.36. The molecule has 0 unspecified atom stereocenters. The second-order valence-electron chi connectivity index (χ2n) is 7.98. The average molecular weight is 447 g/mol. The molecule has 3 heterocycles. The minimum atomic E-state index is -0.721. The van der Waals surface area contributed by atoms with Crippen LogP contribution in [0.4, 0.5) is 5.69 Å². The molecule has 158 valence electrons. The average Bonchev–Trinajstić information content (AvgIpc) is 3.12. The van der Waals surface area contributed by atoms with Crippen molar-refractivity contribution in [1.82, 2.24) is 4.57 Å². The van der Waals surface area contributed by atoms with Crippen LogP contribution in [0, 0.1) is 12.8 Å². The fourth-order valence-corrected chi connectivity index (χ4v) is 7.09. The third-order valence-corrected chi connectivity index (χ3v) is 8.41. The van der Waals surface area contributed by atoms with Gasteiger partial charge in [0.1, 0.15) is 11.8 Å². The molecule has 2 aromatic rings. The maximum Gasteiger partial charge on any atom is 0.326 e. The molecule has 7 nitrogen and oxygen atoms in total. The molecule has 2 atom stereocenters. The largest absolute Gasteiger partial charge is 0.465 e. The maximum absolute atomic E-state index is 13.4. The van der Waals surface area contributed by atoms with E-state index in [9.17, 15) is 19.2 Å². The summed E-state index contributed by atoms with van der Waals surface area (Å²) in [6.07, 6.45) is 0. The number of aromatic nitrogens is 1. The van der Waals surface area contributed by atoms with Crippen molar-refractivity contribution in [2.75, 3.05) is 11.5 Å². The highest BCUT2D eigenvalue weighted by molar-refractivity contribution is 8.00. The minimum Gasteiger partial charge on any atom is -0.465 e. The van der Waals surface area contributed by atoms with Crippen molar-refractivity contribution in [3.8, 4) is 0 Å². The van der Waals surface area contributed by atoms with E-state index in [1.165, 1.54) is 21.2 Å². The Kier molecular flexibility index (Phi) is 5.14. The number of benzene rings is 1. The molecule has 1 fully saturated rings. The Hall–Kier alpha value is -2.39. The summed E-state index contributed by atoms with van der Waals surface area (Å²) in [7, 11) is 0. The van der Waals surface area contributed by atoms with Gasteiger partial charge in [0.15, 0.2) is 0 Å². The Morgan fingerprint density at radius 3 is 2.43 bits per heavy atom. The van der Waals surface area contributed by atoms with Crippen LogP contribution in [0.5, 0.6) is 0 Å². The van der Waals surface area contributed by atoms with Crippen molar-refractivity contribution in [1.29, 1.82) is 0 Å². The van der Waals surface area contributed by atoms with Crippen LogP contribution in [-0.4, -0.2) is 34.2 Å². The van der Waals surface area contributed by atoms with Crippen molar-refractivity contribution in [3.63, 3.8) is 0 Å². The number of imide groups is 1. The predicted molar refractivity (Wildman–Crippen MR) is 115 cm³/mol. The Balaban J connectivity index is 1.75. The molecule has 2 amide bonds. The van der Waals surface area contributed by atoms with E-state index in [1.54, 1.807) is 19.1 Å². The number of nitrogens with zero attached hydrogens (tertiary/aromatic N) is 2. The van der Waals surface area contributed by atoms with Crippen LogP contribution in [0.25, 0.3) is 0 Å². The molecule has 1 saturated heterocycles. The molecule has 0 N–H and O–H groups in total. The first-order valence-electron chi connectivity index (χ1n) is 9.67. The van der Waals surface area contributed by atoms with Crippen LogP contribution in [0.15, 0.2) is 34.1 Å². The second kappa shape index (κ2) is 7.39. The van der Waals surface area contributed by atoms with E-state index >= 15 is 0 Å². The number of carbonyl (C=O) groups is 3. The van der Waals surface area contributed by atoms with Crippen molar-refractivity contribution in [3.05, 3.63) is 44.4 Å². The van der Waals surface area contributed by atoms with Gasteiger partial charge in [-0.1, -0.05) is 54.6 Å². The fourth-order valence-electron chi connectivity index (χ4n) is 4.05. The molecule has 4 rings (SSSR count). The van der Waals surface area contributed by atoms with Gasteiger partial charge < -0.3 is 4.74 Å². The first-order valence-corrected chi connectivity index (χ1v) is 11.4. The molecular weight excluding hydrogens is 424 g/mol. The molecule has 2 aliphatic rings. The molecule has 9 heteroatoms. The van der Waals surface area contributed by atoms with Crippen molar-refractivity contribution in [2.45, 2.75) is 49.9 Å². The number of hydrogen-bond acceptors (Lipinski definition) is 7. The van der Waals surface area contributed by atoms with Gasteiger partial charge in [-0.15, -0.1) is 0 Å². The number of carbonyl (C=O) groups excluding carboxylic acids is 3. The lowest BCUT2D eigenvalue weighted by Crippen LogP contribution is -2.41. The van der Waals surface area contributed by atoms with Crippen molar-refractivity contribution < 1.29 is 19.1 Å².